The van der Waals surface area contributed by atoms with Gasteiger partial charge >= 0.3 is 0 Å². The maximum atomic E-state index is 11.7. The number of aromatic amines is 1. The molecule has 0 aliphatic heterocycles. The molecule has 4 rings (SSSR count). The molecule has 0 amide bonds. The first-order valence-corrected chi connectivity index (χ1v) is 8.66. The molecule has 7 heteroatoms. The van der Waals surface area contributed by atoms with Crippen LogP contribution in [0.3, 0.4) is 0 Å². The summed E-state index contributed by atoms with van der Waals surface area (Å²) in [6.45, 7) is 0. The molecule has 1 heterocycles. The summed E-state index contributed by atoms with van der Waals surface area (Å²) in [4.78, 5) is 14.8. The van der Waals surface area contributed by atoms with Gasteiger partial charge in [0, 0.05) is 22.1 Å². The van der Waals surface area contributed by atoms with E-state index in [1.807, 2.05) is 0 Å². The highest BCUT2D eigenvalue weighted by Crippen LogP contribution is 2.35. The fourth-order valence-electron chi connectivity index (χ4n) is 2.96. The predicted molar refractivity (Wildman–Crippen MR) is 108 cm³/mol. The summed E-state index contributed by atoms with van der Waals surface area (Å²) in [5.41, 5.74) is 1.82. The van der Waals surface area contributed by atoms with Crippen molar-refractivity contribution in [2.45, 2.75) is 0 Å². The number of anilines is 2. The van der Waals surface area contributed by atoms with E-state index in [-0.39, 0.29) is 5.75 Å². The number of pyridine rings is 1. The van der Waals surface area contributed by atoms with Crippen molar-refractivity contribution < 1.29 is 5.11 Å². The van der Waals surface area contributed by atoms with Crippen LogP contribution in [0.25, 0.3) is 21.7 Å². The maximum Gasteiger partial charge on any atom is 0.220 e. The number of phenols is 1. The van der Waals surface area contributed by atoms with Crippen LogP contribution in [0.1, 0.15) is 5.56 Å². The molecular formula is C20H11Cl2N3O2. The first-order chi connectivity index (χ1) is 13.0. The van der Waals surface area contributed by atoms with Gasteiger partial charge in [0.1, 0.15) is 6.07 Å². The quantitative estimate of drug-likeness (QED) is 0.401. The summed E-state index contributed by atoms with van der Waals surface area (Å²) in [7, 11) is 0. The van der Waals surface area contributed by atoms with Gasteiger partial charge in [-0.15, -0.1) is 0 Å². The Labute approximate surface area is 163 Å². The largest absolute Gasteiger partial charge is 0.504 e. The number of nitrogens with zero attached hydrogens (tertiary/aromatic N) is 1. The van der Waals surface area contributed by atoms with Crippen molar-refractivity contribution in [2.75, 3.05) is 5.32 Å². The summed E-state index contributed by atoms with van der Waals surface area (Å²) >= 11 is 12.2. The van der Waals surface area contributed by atoms with Crippen LogP contribution in [-0.2, 0) is 0 Å². The van der Waals surface area contributed by atoms with Crippen LogP contribution in [0.4, 0.5) is 11.4 Å². The smallest absolute Gasteiger partial charge is 0.220 e. The number of hydrogen-bond donors (Lipinski definition) is 3. The molecule has 0 saturated heterocycles. The van der Waals surface area contributed by atoms with E-state index in [1.165, 1.54) is 12.1 Å². The Morgan fingerprint density at radius 1 is 1.07 bits per heavy atom. The lowest BCUT2D eigenvalue weighted by Crippen LogP contribution is -1.99. The number of H-pyrrole nitrogens is 1. The number of benzene rings is 3. The van der Waals surface area contributed by atoms with Crippen molar-refractivity contribution >= 4 is 56.3 Å². The highest BCUT2D eigenvalue weighted by molar-refractivity contribution is 6.36. The number of rotatable bonds is 2. The molecule has 0 aliphatic rings. The molecule has 132 valence electrons. The summed E-state index contributed by atoms with van der Waals surface area (Å²) < 4.78 is 0. The van der Waals surface area contributed by atoms with Gasteiger partial charge in [-0.2, -0.15) is 5.26 Å². The first-order valence-electron chi connectivity index (χ1n) is 7.90. The zero-order valence-electron chi connectivity index (χ0n) is 13.7. The summed E-state index contributed by atoms with van der Waals surface area (Å²) in [5.74, 6) is -0.322. The third-order valence-electron chi connectivity index (χ3n) is 4.28. The molecule has 27 heavy (non-hydrogen) atoms. The highest BCUT2D eigenvalue weighted by atomic mass is 35.5. The van der Waals surface area contributed by atoms with Crippen molar-refractivity contribution in [1.82, 2.24) is 4.98 Å². The van der Waals surface area contributed by atoms with Crippen LogP contribution in [0.15, 0.2) is 53.5 Å². The monoisotopic (exact) mass is 395 g/mol. The summed E-state index contributed by atoms with van der Waals surface area (Å²) in [6.07, 6.45) is 1.58. The second-order valence-electron chi connectivity index (χ2n) is 6.00. The van der Waals surface area contributed by atoms with Crippen molar-refractivity contribution in [1.29, 1.82) is 5.26 Å². The van der Waals surface area contributed by atoms with Crippen LogP contribution in [0.5, 0.6) is 5.75 Å². The van der Waals surface area contributed by atoms with Gasteiger partial charge in [-0.3, -0.25) is 4.79 Å². The van der Waals surface area contributed by atoms with E-state index in [4.69, 9.17) is 23.2 Å². The molecule has 3 N–H and O–H groups in total. The number of phenolic OH excluding ortho intramolecular Hbond substituents is 1. The number of fused-ring (bicyclic) bond motifs is 2. The number of nitrogens with one attached hydrogen (secondary N) is 2. The van der Waals surface area contributed by atoms with E-state index in [2.05, 4.69) is 16.4 Å². The number of halogens is 2. The minimum atomic E-state index is -0.443. The molecule has 3 aromatic carbocycles. The number of aromatic nitrogens is 1. The topological polar surface area (TPSA) is 88.9 Å². The van der Waals surface area contributed by atoms with Crippen LogP contribution in [-0.4, -0.2) is 10.1 Å². The Hall–Kier alpha value is -3.20. The van der Waals surface area contributed by atoms with Crippen molar-refractivity contribution in [3.63, 3.8) is 0 Å². The van der Waals surface area contributed by atoms with E-state index in [0.29, 0.717) is 43.1 Å². The molecule has 0 spiro atoms. The molecule has 5 nitrogen and oxygen atoms in total. The van der Waals surface area contributed by atoms with Gasteiger partial charge < -0.3 is 15.4 Å². The van der Waals surface area contributed by atoms with Gasteiger partial charge in [-0.25, -0.2) is 0 Å². The molecule has 4 aromatic rings. The Kier molecular flexibility index (Phi) is 4.15. The molecule has 0 unspecified atom stereocenters. The molecule has 0 aliphatic carbocycles. The van der Waals surface area contributed by atoms with Gasteiger partial charge in [0.2, 0.25) is 5.43 Å². The van der Waals surface area contributed by atoms with Gasteiger partial charge in [0.25, 0.3) is 0 Å². The van der Waals surface area contributed by atoms with Gasteiger partial charge in [0.05, 0.1) is 22.0 Å². The fraction of sp³-hybridized carbons (Fsp3) is 0. The van der Waals surface area contributed by atoms with E-state index in [1.54, 1.807) is 36.5 Å². The van der Waals surface area contributed by atoms with Crippen LogP contribution in [0, 0.1) is 11.3 Å². The summed E-state index contributed by atoms with van der Waals surface area (Å²) in [5, 5.41) is 25.4. The van der Waals surface area contributed by atoms with E-state index in [0.717, 1.165) is 5.52 Å². The van der Waals surface area contributed by atoms with Crippen molar-refractivity contribution in [3.05, 3.63) is 74.5 Å². The number of hydrogen-bond acceptors (Lipinski definition) is 4. The first kappa shape index (κ1) is 17.2. The van der Waals surface area contributed by atoms with E-state index >= 15 is 0 Å². The Morgan fingerprint density at radius 3 is 2.59 bits per heavy atom. The minimum absolute atomic E-state index is 0.322. The average Bonchev–Trinajstić information content (AvgIpc) is 2.64. The maximum absolute atomic E-state index is 11.7. The third kappa shape index (κ3) is 3.06. The molecule has 0 atom stereocenters. The van der Waals surface area contributed by atoms with E-state index in [9.17, 15) is 15.2 Å². The standard InChI is InChI=1S/C20H11Cl2N3O2/c21-13-1-2-16(15(22)7-13)25-20-12(8-23)9-24-17-4-11-6-19(27)18(26)5-10(11)3-14(17)20/h1-7,9,24-26H. The lowest BCUT2D eigenvalue weighted by atomic mass is 10.0. The van der Waals surface area contributed by atoms with Crippen molar-refractivity contribution in [3.8, 4) is 11.8 Å². The zero-order valence-corrected chi connectivity index (χ0v) is 15.2. The predicted octanol–water partition coefficient (Wildman–Crippen LogP) is 5.31. The van der Waals surface area contributed by atoms with Crippen LogP contribution >= 0.6 is 23.2 Å². The molecule has 0 fully saturated rings. The normalized spacial score (nSPS) is 10.9. The molecular weight excluding hydrogens is 385 g/mol. The third-order valence-corrected chi connectivity index (χ3v) is 4.82. The van der Waals surface area contributed by atoms with Crippen LogP contribution in [0.2, 0.25) is 10.0 Å². The van der Waals surface area contributed by atoms with Gasteiger partial charge in [0.15, 0.2) is 5.75 Å². The minimum Gasteiger partial charge on any atom is -0.504 e. The zero-order chi connectivity index (χ0) is 19.1. The Balaban J connectivity index is 1.99. The molecule has 0 radical (unpaired) electrons. The van der Waals surface area contributed by atoms with Crippen molar-refractivity contribution in [2.24, 2.45) is 0 Å². The van der Waals surface area contributed by atoms with Crippen LogP contribution < -0.4 is 10.7 Å². The average molecular weight is 396 g/mol. The molecule has 1 aromatic heterocycles. The Bertz CT molecular complexity index is 1320. The SMILES string of the molecule is N#Cc1c[nH]c2cc3cc(=O)c(O)cc3cc2c1Nc1ccc(Cl)cc1Cl. The van der Waals surface area contributed by atoms with E-state index < -0.39 is 5.43 Å². The summed E-state index contributed by atoms with van der Waals surface area (Å²) in [6, 6.07) is 13.6. The lowest BCUT2D eigenvalue weighted by molar-refractivity contribution is 0.471. The molecule has 0 bridgehead atoms. The van der Waals surface area contributed by atoms with Gasteiger partial charge in [-0.1, -0.05) is 23.2 Å². The fourth-order valence-corrected chi connectivity index (χ4v) is 3.41. The highest BCUT2D eigenvalue weighted by Gasteiger charge is 2.12. The number of aromatic hydroxyl groups is 1. The molecule has 0 saturated carbocycles. The second kappa shape index (κ2) is 6.51. The van der Waals surface area contributed by atoms with Gasteiger partial charge in [-0.05, 0) is 53.2 Å². The Morgan fingerprint density at radius 2 is 1.85 bits per heavy atom. The lowest BCUT2D eigenvalue weighted by Gasteiger charge is -2.14. The second-order valence-corrected chi connectivity index (χ2v) is 6.85. The number of nitriles is 1.